The van der Waals surface area contributed by atoms with E-state index in [-0.39, 0.29) is 12.2 Å². The quantitative estimate of drug-likeness (QED) is 0.545. The lowest BCUT2D eigenvalue weighted by Crippen LogP contribution is -2.34. The first-order chi connectivity index (χ1) is 7.97. The van der Waals surface area contributed by atoms with Gasteiger partial charge in [-0.3, -0.25) is 4.79 Å². The van der Waals surface area contributed by atoms with E-state index in [4.69, 9.17) is 15.9 Å². The van der Waals surface area contributed by atoms with Crippen molar-refractivity contribution in [2.24, 2.45) is 0 Å². The summed E-state index contributed by atoms with van der Waals surface area (Å²) in [5.74, 6) is -3.24. The van der Waals surface area contributed by atoms with Gasteiger partial charge in [-0.2, -0.15) is 0 Å². The monoisotopic (exact) mass is 246 g/mol. The average molecular weight is 246 g/mol. The number of hydrogen-bond acceptors (Lipinski definition) is 4. The van der Waals surface area contributed by atoms with E-state index in [1.54, 1.807) is 0 Å². The highest BCUT2D eigenvalue weighted by atomic mass is 19.1. The first-order valence-corrected chi connectivity index (χ1v) is 4.78. The fraction of sp³-hybridized carbons (Fsp3) is 0.300. The lowest BCUT2D eigenvalue weighted by Gasteiger charge is -2.10. The predicted molar refractivity (Wildman–Crippen MR) is 56.2 cm³/mol. The summed E-state index contributed by atoms with van der Waals surface area (Å²) in [6, 6.07) is 1.87. The van der Waals surface area contributed by atoms with Gasteiger partial charge in [0.2, 0.25) is 0 Å². The molecule has 0 saturated heterocycles. The zero-order valence-electron chi connectivity index (χ0n) is 8.78. The Hall–Kier alpha value is -1.73. The van der Waals surface area contributed by atoms with Crippen molar-refractivity contribution in [2.45, 2.75) is 6.10 Å². The van der Waals surface area contributed by atoms with Gasteiger partial charge in [0.25, 0.3) is 5.91 Å². The van der Waals surface area contributed by atoms with Crippen molar-refractivity contribution in [3.8, 4) is 0 Å². The molecule has 0 bridgehead atoms. The minimum Gasteiger partial charge on any atom is -0.396 e. The van der Waals surface area contributed by atoms with Crippen LogP contribution in [0.1, 0.15) is 10.4 Å². The Morgan fingerprint density at radius 2 is 2.12 bits per heavy atom. The summed E-state index contributed by atoms with van der Waals surface area (Å²) in [6.45, 7) is -0.884. The molecule has 0 aliphatic heterocycles. The van der Waals surface area contributed by atoms with Crippen LogP contribution >= 0.6 is 0 Å². The van der Waals surface area contributed by atoms with Crippen molar-refractivity contribution in [1.29, 1.82) is 0 Å². The number of aliphatic hydroxyl groups is 2. The van der Waals surface area contributed by atoms with Crippen LogP contribution in [0.2, 0.25) is 0 Å². The lowest BCUT2D eigenvalue weighted by molar-refractivity contribution is 0.0796. The molecular formula is C10H12F2N2O3. The number of nitrogens with one attached hydrogen (secondary N) is 1. The molecule has 5 nitrogen and oxygen atoms in total. The lowest BCUT2D eigenvalue weighted by atomic mass is 10.1. The SMILES string of the molecule is Nc1ccc(F)c(C(=O)NCC(O)CO)c1F. The van der Waals surface area contributed by atoms with Gasteiger partial charge in [-0.25, -0.2) is 8.78 Å². The molecule has 94 valence electrons. The summed E-state index contributed by atoms with van der Waals surface area (Å²) in [4.78, 5) is 11.4. The number of aliphatic hydroxyl groups excluding tert-OH is 2. The number of nitrogens with two attached hydrogens (primary N) is 1. The van der Waals surface area contributed by atoms with E-state index in [0.717, 1.165) is 12.1 Å². The van der Waals surface area contributed by atoms with Gasteiger partial charge in [-0.1, -0.05) is 0 Å². The first kappa shape index (κ1) is 13.3. The second-order valence-electron chi connectivity index (χ2n) is 3.37. The Morgan fingerprint density at radius 1 is 1.47 bits per heavy atom. The number of halogens is 2. The van der Waals surface area contributed by atoms with E-state index >= 15 is 0 Å². The van der Waals surface area contributed by atoms with Crippen LogP contribution in [0.25, 0.3) is 0 Å². The Kier molecular flexibility index (Phi) is 4.36. The zero-order valence-corrected chi connectivity index (χ0v) is 8.78. The number of nitrogen functional groups attached to an aromatic ring is 1. The van der Waals surface area contributed by atoms with Crippen LogP contribution in [-0.4, -0.2) is 35.4 Å². The highest BCUT2D eigenvalue weighted by Crippen LogP contribution is 2.18. The largest absolute Gasteiger partial charge is 0.396 e. The number of benzene rings is 1. The van der Waals surface area contributed by atoms with Crippen LogP contribution in [0.4, 0.5) is 14.5 Å². The third-order valence-corrected chi connectivity index (χ3v) is 2.06. The van der Waals surface area contributed by atoms with Gasteiger partial charge in [0.15, 0.2) is 5.82 Å². The zero-order chi connectivity index (χ0) is 13.0. The van der Waals surface area contributed by atoms with Crippen molar-refractivity contribution >= 4 is 11.6 Å². The number of rotatable bonds is 4. The Balaban J connectivity index is 2.86. The summed E-state index contributed by atoms with van der Waals surface area (Å²) in [5.41, 5.74) is 4.04. The fourth-order valence-corrected chi connectivity index (χ4v) is 1.14. The summed E-state index contributed by atoms with van der Waals surface area (Å²) in [5, 5.41) is 19.5. The standard InChI is InChI=1S/C10H12F2N2O3/c11-6-1-2-7(13)9(12)8(6)10(17)14-3-5(16)4-15/h1-2,5,15-16H,3-4,13H2,(H,14,17). The maximum Gasteiger partial charge on any atom is 0.257 e. The van der Waals surface area contributed by atoms with Gasteiger partial charge in [0, 0.05) is 6.54 Å². The normalized spacial score (nSPS) is 12.2. The molecule has 1 rings (SSSR count). The molecule has 0 saturated carbocycles. The summed E-state index contributed by atoms with van der Waals surface area (Å²) in [7, 11) is 0. The van der Waals surface area contributed by atoms with E-state index in [1.165, 1.54) is 0 Å². The molecule has 0 heterocycles. The van der Waals surface area contributed by atoms with Crippen molar-refractivity contribution in [3.63, 3.8) is 0 Å². The fourth-order valence-electron chi connectivity index (χ4n) is 1.14. The van der Waals surface area contributed by atoms with Gasteiger partial charge in [-0.05, 0) is 12.1 Å². The average Bonchev–Trinajstić information content (AvgIpc) is 2.31. The minimum atomic E-state index is -1.19. The van der Waals surface area contributed by atoms with Crippen LogP contribution in [0.5, 0.6) is 0 Å². The molecule has 1 aromatic carbocycles. The second kappa shape index (κ2) is 5.55. The van der Waals surface area contributed by atoms with Gasteiger partial charge in [-0.15, -0.1) is 0 Å². The van der Waals surface area contributed by atoms with Crippen LogP contribution in [0.15, 0.2) is 12.1 Å². The Bertz CT molecular complexity index is 426. The molecule has 1 amide bonds. The van der Waals surface area contributed by atoms with Crippen molar-refractivity contribution in [3.05, 3.63) is 29.3 Å². The molecule has 0 spiro atoms. The Labute approximate surface area is 95.9 Å². The summed E-state index contributed by atoms with van der Waals surface area (Å²) >= 11 is 0. The van der Waals surface area contributed by atoms with Gasteiger partial charge in [0.1, 0.15) is 11.4 Å². The van der Waals surface area contributed by atoms with E-state index in [9.17, 15) is 13.6 Å². The topological polar surface area (TPSA) is 95.6 Å². The number of hydrogen-bond donors (Lipinski definition) is 4. The number of anilines is 1. The van der Waals surface area contributed by atoms with Crippen molar-refractivity contribution in [2.75, 3.05) is 18.9 Å². The highest BCUT2D eigenvalue weighted by molar-refractivity contribution is 5.95. The molecule has 0 aromatic heterocycles. The van der Waals surface area contributed by atoms with E-state index in [1.807, 2.05) is 0 Å². The van der Waals surface area contributed by atoms with Crippen LogP contribution in [0, 0.1) is 11.6 Å². The van der Waals surface area contributed by atoms with Gasteiger partial charge >= 0.3 is 0 Å². The van der Waals surface area contributed by atoms with E-state index in [0.29, 0.717) is 0 Å². The minimum absolute atomic E-state index is 0.316. The summed E-state index contributed by atoms with van der Waals surface area (Å²) < 4.78 is 26.6. The van der Waals surface area contributed by atoms with Crippen LogP contribution in [0.3, 0.4) is 0 Å². The van der Waals surface area contributed by atoms with Crippen LogP contribution in [-0.2, 0) is 0 Å². The maximum absolute atomic E-state index is 13.4. The third-order valence-electron chi connectivity index (χ3n) is 2.06. The van der Waals surface area contributed by atoms with Gasteiger partial charge in [0.05, 0.1) is 18.4 Å². The highest BCUT2D eigenvalue weighted by Gasteiger charge is 2.19. The first-order valence-electron chi connectivity index (χ1n) is 4.78. The number of amides is 1. The molecule has 1 aromatic rings. The molecule has 0 aliphatic rings. The van der Waals surface area contributed by atoms with Crippen molar-refractivity contribution < 1.29 is 23.8 Å². The molecule has 5 N–H and O–H groups in total. The second-order valence-corrected chi connectivity index (χ2v) is 3.37. The molecule has 17 heavy (non-hydrogen) atoms. The Morgan fingerprint density at radius 3 is 2.71 bits per heavy atom. The molecule has 0 radical (unpaired) electrons. The van der Waals surface area contributed by atoms with E-state index in [2.05, 4.69) is 5.32 Å². The molecule has 1 atom stereocenters. The van der Waals surface area contributed by atoms with Gasteiger partial charge < -0.3 is 21.3 Å². The maximum atomic E-state index is 13.4. The van der Waals surface area contributed by atoms with Crippen molar-refractivity contribution in [1.82, 2.24) is 5.32 Å². The van der Waals surface area contributed by atoms with E-state index < -0.39 is 35.8 Å². The predicted octanol–water partition coefficient (Wildman–Crippen LogP) is -0.370. The molecule has 7 heteroatoms. The molecular weight excluding hydrogens is 234 g/mol. The number of carbonyl (C=O) groups is 1. The molecule has 0 aliphatic carbocycles. The summed E-state index contributed by atoms with van der Waals surface area (Å²) in [6.07, 6.45) is -1.19. The molecule has 0 fully saturated rings. The van der Waals surface area contributed by atoms with Crippen LogP contribution < -0.4 is 11.1 Å². The smallest absolute Gasteiger partial charge is 0.257 e. The third kappa shape index (κ3) is 3.11. The molecule has 1 unspecified atom stereocenters. The number of carbonyl (C=O) groups excluding carboxylic acids is 1.